The number of para-hydroxylation sites is 1. The molecule has 3 heterocycles. The maximum Gasteiger partial charge on any atom is 0.265 e. The quantitative estimate of drug-likeness (QED) is 0.303. The van der Waals surface area contributed by atoms with Crippen LogP contribution in [0, 0.1) is 6.92 Å². The molecular formula is C30H25Cl2N7O3. The standard InChI is InChI=1S/C30H25Cl2N7O3/c1-18-33-25-6-4-3-5-24(25)29(42)39(18)23-9-7-19(8-10-23)28(41)37-16-30(2,17-37)26-14-38(36-35-26)15-27(40)34-22-12-20(31)11-21(32)13-22/h3-14H,15-17H2,1-2H3,(H,34,40). The van der Waals surface area contributed by atoms with E-state index in [1.165, 1.54) is 4.68 Å². The smallest absolute Gasteiger partial charge is 0.265 e. The second-order valence-corrected chi connectivity index (χ2v) is 11.5. The largest absolute Gasteiger partial charge is 0.337 e. The number of rotatable bonds is 6. The first-order valence-corrected chi connectivity index (χ1v) is 13.9. The van der Waals surface area contributed by atoms with Crippen LogP contribution in [0.25, 0.3) is 16.6 Å². The lowest BCUT2D eigenvalue weighted by Crippen LogP contribution is -2.59. The molecule has 2 amide bonds. The van der Waals surface area contributed by atoms with Crippen LogP contribution < -0.4 is 10.9 Å². The Balaban J connectivity index is 1.10. The molecular weight excluding hydrogens is 577 g/mol. The monoisotopic (exact) mass is 601 g/mol. The number of nitrogens with zero attached hydrogens (tertiary/aromatic N) is 6. The van der Waals surface area contributed by atoms with Crippen molar-refractivity contribution in [2.24, 2.45) is 0 Å². The van der Waals surface area contributed by atoms with Gasteiger partial charge in [-0.3, -0.25) is 19.0 Å². The molecule has 0 unspecified atom stereocenters. The summed E-state index contributed by atoms with van der Waals surface area (Å²) in [6.07, 6.45) is 1.72. The molecule has 1 N–H and O–H groups in total. The molecule has 1 aliphatic rings. The molecule has 2 aromatic heterocycles. The molecule has 212 valence electrons. The number of hydrogen-bond acceptors (Lipinski definition) is 6. The van der Waals surface area contributed by atoms with E-state index in [0.717, 1.165) is 0 Å². The van der Waals surface area contributed by atoms with Crippen molar-refractivity contribution in [1.82, 2.24) is 29.4 Å². The number of nitrogens with one attached hydrogen (secondary N) is 1. The van der Waals surface area contributed by atoms with Gasteiger partial charge in [-0.05, 0) is 61.5 Å². The molecule has 0 bridgehead atoms. The molecule has 0 atom stereocenters. The highest BCUT2D eigenvalue weighted by Crippen LogP contribution is 2.34. The normalized spacial score (nSPS) is 14.0. The van der Waals surface area contributed by atoms with Gasteiger partial charge in [0.2, 0.25) is 5.91 Å². The average Bonchev–Trinajstić information content (AvgIpc) is 3.39. The zero-order valence-corrected chi connectivity index (χ0v) is 24.2. The van der Waals surface area contributed by atoms with Crippen molar-refractivity contribution in [3.63, 3.8) is 0 Å². The fourth-order valence-electron chi connectivity index (χ4n) is 5.21. The molecule has 42 heavy (non-hydrogen) atoms. The first-order valence-electron chi connectivity index (χ1n) is 13.1. The van der Waals surface area contributed by atoms with Gasteiger partial charge in [-0.15, -0.1) is 5.10 Å². The highest BCUT2D eigenvalue weighted by Gasteiger charge is 2.44. The summed E-state index contributed by atoms with van der Waals surface area (Å²) in [6.45, 7) is 4.65. The summed E-state index contributed by atoms with van der Waals surface area (Å²) in [5.74, 6) is 0.142. The number of hydrogen-bond donors (Lipinski definition) is 1. The topological polar surface area (TPSA) is 115 Å². The minimum atomic E-state index is -0.397. The molecule has 1 saturated heterocycles. The lowest BCUT2D eigenvalue weighted by molar-refractivity contribution is -0.116. The zero-order chi connectivity index (χ0) is 29.6. The van der Waals surface area contributed by atoms with E-state index in [4.69, 9.17) is 23.2 Å². The number of anilines is 1. The van der Waals surface area contributed by atoms with Crippen LogP contribution in [0.2, 0.25) is 10.0 Å². The summed E-state index contributed by atoms with van der Waals surface area (Å²) < 4.78 is 3.00. The number of aromatic nitrogens is 5. The Morgan fingerprint density at radius 3 is 2.40 bits per heavy atom. The van der Waals surface area contributed by atoms with Crippen molar-refractivity contribution < 1.29 is 9.59 Å². The Labute approximate surface area is 250 Å². The van der Waals surface area contributed by atoms with Gasteiger partial charge >= 0.3 is 0 Å². The van der Waals surface area contributed by atoms with Crippen LogP contribution in [-0.2, 0) is 16.8 Å². The number of halogens is 2. The average molecular weight is 602 g/mol. The highest BCUT2D eigenvalue weighted by atomic mass is 35.5. The van der Waals surface area contributed by atoms with E-state index in [0.29, 0.717) is 62.5 Å². The molecule has 0 aliphatic carbocycles. The van der Waals surface area contributed by atoms with Crippen LogP contribution in [0.4, 0.5) is 5.69 Å². The third-order valence-electron chi connectivity index (χ3n) is 7.29. The van der Waals surface area contributed by atoms with Gasteiger partial charge in [0.15, 0.2) is 0 Å². The molecule has 10 nitrogen and oxygen atoms in total. The Bertz CT molecular complexity index is 1890. The maximum absolute atomic E-state index is 13.2. The number of carbonyl (C=O) groups is 2. The van der Waals surface area contributed by atoms with Gasteiger partial charge in [0.1, 0.15) is 12.4 Å². The van der Waals surface area contributed by atoms with Crippen molar-refractivity contribution >= 4 is 51.6 Å². The van der Waals surface area contributed by atoms with E-state index in [1.54, 1.807) is 71.1 Å². The van der Waals surface area contributed by atoms with E-state index >= 15 is 0 Å². The molecule has 1 aliphatic heterocycles. The van der Waals surface area contributed by atoms with Crippen molar-refractivity contribution in [2.75, 3.05) is 18.4 Å². The van der Waals surface area contributed by atoms with Crippen LogP contribution in [0.5, 0.6) is 0 Å². The van der Waals surface area contributed by atoms with E-state index in [-0.39, 0.29) is 23.9 Å². The number of likely N-dealkylation sites (tertiary alicyclic amines) is 1. The summed E-state index contributed by atoms with van der Waals surface area (Å²) >= 11 is 12.0. The van der Waals surface area contributed by atoms with Crippen molar-refractivity contribution in [1.29, 1.82) is 0 Å². The third-order valence-corrected chi connectivity index (χ3v) is 7.73. The maximum atomic E-state index is 13.2. The first kappa shape index (κ1) is 27.6. The van der Waals surface area contributed by atoms with Crippen molar-refractivity contribution in [2.45, 2.75) is 25.8 Å². The molecule has 12 heteroatoms. The fourth-order valence-corrected chi connectivity index (χ4v) is 5.74. The van der Waals surface area contributed by atoms with Gasteiger partial charge in [-0.25, -0.2) is 9.67 Å². The van der Waals surface area contributed by atoms with Crippen LogP contribution in [0.3, 0.4) is 0 Å². The van der Waals surface area contributed by atoms with Crippen LogP contribution >= 0.6 is 23.2 Å². The molecule has 1 fully saturated rings. The lowest BCUT2D eigenvalue weighted by atomic mass is 9.79. The van der Waals surface area contributed by atoms with E-state index in [2.05, 4.69) is 20.6 Å². The Morgan fingerprint density at radius 1 is 1.00 bits per heavy atom. The van der Waals surface area contributed by atoms with Gasteiger partial charge in [0, 0.05) is 46.0 Å². The highest BCUT2D eigenvalue weighted by molar-refractivity contribution is 6.35. The van der Waals surface area contributed by atoms with Crippen LogP contribution in [-0.4, -0.2) is 54.3 Å². The fraction of sp³-hybridized carbons (Fsp3) is 0.200. The number of fused-ring (bicyclic) bond motifs is 1. The van der Waals surface area contributed by atoms with Crippen molar-refractivity contribution in [3.05, 3.63) is 110 Å². The second kappa shape index (κ2) is 10.7. The molecule has 0 radical (unpaired) electrons. The number of carbonyl (C=O) groups excluding carboxylic acids is 2. The number of aryl methyl sites for hydroxylation is 1. The van der Waals surface area contributed by atoms with Gasteiger partial charge in [0.05, 0.1) is 22.3 Å². The second-order valence-electron chi connectivity index (χ2n) is 10.6. The van der Waals surface area contributed by atoms with Crippen molar-refractivity contribution in [3.8, 4) is 5.69 Å². The van der Waals surface area contributed by atoms with Gasteiger partial charge < -0.3 is 10.2 Å². The molecule has 5 aromatic rings. The summed E-state index contributed by atoms with van der Waals surface area (Å²) in [7, 11) is 0. The number of benzene rings is 3. The molecule has 3 aromatic carbocycles. The minimum absolute atomic E-state index is 0.0442. The Morgan fingerprint density at radius 2 is 1.69 bits per heavy atom. The predicted molar refractivity (Wildman–Crippen MR) is 160 cm³/mol. The summed E-state index contributed by atoms with van der Waals surface area (Å²) in [6, 6.07) is 19.0. The summed E-state index contributed by atoms with van der Waals surface area (Å²) in [5.41, 5.74) is 2.43. The predicted octanol–water partition coefficient (Wildman–Crippen LogP) is 4.64. The lowest BCUT2D eigenvalue weighted by Gasteiger charge is -2.46. The summed E-state index contributed by atoms with van der Waals surface area (Å²) in [5, 5.41) is 12.5. The third kappa shape index (κ3) is 5.26. The Hall–Kier alpha value is -4.54. The minimum Gasteiger partial charge on any atom is -0.337 e. The zero-order valence-electron chi connectivity index (χ0n) is 22.7. The number of amides is 2. The van der Waals surface area contributed by atoms with Crippen LogP contribution in [0.1, 0.15) is 28.8 Å². The van der Waals surface area contributed by atoms with Gasteiger partial charge in [-0.2, -0.15) is 0 Å². The van der Waals surface area contributed by atoms with E-state index < -0.39 is 5.41 Å². The van der Waals surface area contributed by atoms with Gasteiger partial charge in [0.25, 0.3) is 11.5 Å². The van der Waals surface area contributed by atoms with Crippen LogP contribution in [0.15, 0.2) is 77.7 Å². The van der Waals surface area contributed by atoms with Gasteiger partial charge in [-0.1, -0.05) is 47.5 Å². The Kier molecular flexibility index (Phi) is 7.04. The first-order chi connectivity index (χ1) is 20.1. The van der Waals surface area contributed by atoms with E-state index in [1.807, 2.05) is 25.1 Å². The summed E-state index contributed by atoms with van der Waals surface area (Å²) in [4.78, 5) is 45.1. The van der Waals surface area contributed by atoms with E-state index in [9.17, 15) is 14.4 Å². The SMILES string of the molecule is Cc1nc2ccccc2c(=O)n1-c1ccc(C(=O)N2CC(C)(c3cn(CC(=O)Nc4cc(Cl)cc(Cl)c4)nn3)C2)cc1. The molecule has 6 rings (SSSR count). The molecule has 0 saturated carbocycles. The molecule has 0 spiro atoms.